The van der Waals surface area contributed by atoms with Gasteiger partial charge in [0.15, 0.2) is 0 Å². The summed E-state index contributed by atoms with van der Waals surface area (Å²) >= 11 is 3.42. The zero-order valence-corrected chi connectivity index (χ0v) is 13.5. The van der Waals surface area contributed by atoms with Crippen LogP contribution < -0.4 is 5.32 Å². The van der Waals surface area contributed by atoms with Gasteiger partial charge in [0.05, 0.1) is 17.6 Å². The molecule has 1 aromatic carbocycles. The standard InChI is InChI=1S/C16H20BrNO3/c17-13-3-1-12(2-4-13)16(5-6-16)14(20)18-15(11-19)7-9-21-10-8-15/h1-4,19H,5-11H2,(H,18,20). The van der Waals surface area contributed by atoms with Gasteiger partial charge in [-0.1, -0.05) is 28.1 Å². The van der Waals surface area contributed by atoms with E-state index in [1.165, 1.54) is 0 Å². The highest BCUT2D eigenvalue weighted by Gasteiger charge is 2.53. The molecule has 0 bridgehead atoms. The lowest BCUT2D eigenvalue weighted by Crippen LogP contribution is -2.57. The van der Waals surface area contributed by atoms with E-state index < -0.39 is 11.0 Å². The lowest BCUT2D eigenvalue weighted by atomic mass is 9.88. The van der Waals surface area contributed by atoms with Crippen molar-refractivity contribution in [2.75, 3.05) is 19.8 Å². The number of hydrogen-bond acceptors (Lipinski definition) is 3. The van der Waals surface area contributed by atoms with Crippen LogP contribution >= 0.6 is 15.9 Å². The van der Waals surface area contributed by atoms with Crippen molar-refractivity contribution in [1.29, 1.82) is 0 Å². The van der Waals surface area contributed by atoms with E-state index in [4.69, 9.17) is 4.74 Å². The summed E-state index contributed by atoms with van der Waals surface area (Å²) in [6, 6.07) is 7.95. The number of carbonyl (C=O) groups excluding carboxylic acids is 1. The van der Waals surface area contributed by atoms with Crippen LogP contribution in [0, 0.1) is 0 Å². The van der Waals surface area contributed by atoms with E-state index in [0.29, 0.717) is 26.1 Å². The van der Waals surface area contributed by atoms with E-state index in [2.05, 4.69) is 21.2 Å². The largest absolute Gasteiger partial charge is 0.394 e. The molecule has 1 aliphatic heterocycles. The third kappa shape index (κ3) is 2.87. The summed E-state index contributed by atoms with van der Waals surface area (Å²) in [6.07, 6.45) is 3.09. The summed E-state index contributed by atoms with van der Waals surface area (Å²) in [7, 11) is 0. The number of aliphatic hydroxyl groups is 1. The molecule has 0 aromatic heterocycles. The van der Waals surface area contributed by atoms with Gasteiger partial charge in [-0.15, -0.1) is 0 Å². The molecule has 4 nitrogen and oxygen atoms in total. The lowest BCUT2D eigenvalue weighted by molar-refractivity contribution is -0.127. The van der Waals surface area contributed by atoms with Crippen LogP contribution in [0.3, 0.4) is 0 Å². The van der Waals surface area contributed by atoms with Crippen molar-refractivity contribution in [3.05, 3.63) is 34.3 Å². The maximum absolute atomic E-state index is 12.8. The number of aliphatic hydroxyl groups excluding tert-OH is 1. The number of ether oxygens (including phenoxy) is 1. The molecule has 1 saturated carbocycles. The molecule has 1 saturated heterocycles. The minimum Gasteiger partial charge on any atom is -0.394 e. The van der Waals surface area contributed by atoms with Gasteiger partial charge in [-0.2, -0.15) is 0 Å². The maximum atomic E-state index is 12.8. The van der Waals surface area contributed by atoms with E-state index in [1.807, 2.05) is 24.3 Å². The molecule has 21 heavy (non-hydrogen) atoms. The first-order valence-electron chi connectivity index (χ1n) is 7.38. The van der Waals surface area contributed by atoms with Gasteiger partial charge in [-0.05, 0) is 43.4 Å². The Labute approximate surface area is 133 Å². The van der Waals surface area contributed by atoms with Crippen LogP contribution in [0.1, 0.15) is 31.2 Å². The highest BCUT2D eigenvalue weighted by atomic mass is 79.9. The minimum atomic E-state index is -0.514. The molecule has 0 atom stereocenters. The Morgan fingerprint density at radius 2 is 1.81 bits per heavy atom. The van der Waals surface area contributed by atoms with E-state index in [-0.39, 0.29) is 12.5 Å². The SMILES string of the molecule is O=C(NC1(CO)CCOCC1)C1(c2ccc(Br)cc2)CC1. The maximum Gasteiger partial charge on any atom is 0.231 e. The van der Waals surface area contributed by atoms with Crippen molar-refractivity contribution in [3.63, 3.8) is 0 Å². The molecule has 0 spiro atoms. The number of halogens is 1. The average molecular weight is 354 g/mol. The van der Waals surface area contributed by atoms with Gasteiger partial charge in [0.1, 0.15) is 0 Å². The fraction of sp³-hybridized carbons (Fsp3) is 0.562. The molecule has 1 aromatic rings. The van der Waals surface area contributed by atoms with Gasteiger partial charge in [0.2, 0.25) is 5.91 Å². The fourth-order valence-electron chi connectivity index (χ4n) is 2.99. The third-order valence-corrected chi connectivity index (χ3v) is 5.24. The Balaban J connectivity index is 1.76. The van der Waals surface area contributed by atoms with Gasteiger partial charge < -0.3 is 15.2 Å². The topological polar surface area (TPSA) is 58.6 Å². The Hall–Kier alpha value is -0.910. The van der Waals surface area contributed by atoms with Crippen LogP contribution in [-0.4, -0.2) is 36.4 Å². The predicted octanol–water partition coefficient (Wildman–Crippen LogP) is 2.14. The summed E-state index contributed by atoms with van der Waals surface area (Å²) in [5, 5.41) is 12.8. The molecule has 114 valence electrons. The molecular weight excluding hydrogens is 334 g/mol. The Morgan fingerprint density at radius 1 is 1.19 bits per heavy atom. The molecular formula is C16H20BrNO3. The smallest absolute Gasteiger partial charge is 0.231 e. The van der Waals surface area contributed by atoms with Gasteiger partial charge in [0, 0.05) is 17.7 Å². The quantitative estimate of drug-likeness (QED) is 0.871. The second-order valence-electron chi connectivity index (χ2n) is 6.09. The molecule has 1 amide bonds. The summed E-state index contributed by atoms with van der Waals surface area (Å²) < 4.78 is 6.35. The summed E-state index contributed by atoms with van der Waals surface area (Å²) in [5.74, 6) is 0.0424. The molecule has 0 radical (unpaired) electrons. The summed E-state index contributed by atoms with van der Waals surface area (Å²) in [5.41, 5.74) is 0.143. The van der Waals surface area contributed by atoms with E-state index in [0.717, 1.165) is 22.9 Å². The molecule has 5 heteroatoms. The first-order valence-corrected chi connectivity index (χ1v) is 8.17. The minimum absolute atomic E-state index is 0.0292. The molecule has 0 unspecified atom stereocenters. The third-order valence-electron chi connectivity index (χ3n) is 4.71. The van der Waals surface area contributed by atoms with Crippen molar-refractivity contribution in [2.45, 2.75) is 36.6 Å². The monoisotopic (exact) mass is 353 g/mol. The van der Waals surface area contributed by atoms with Crippen LogP contribution in [-0.2, 0) is 14.9 Å². The number of rotatable bonds is 4. The molecule has 3 rings (SSSR count). The van der Waals surface area contributed by atoms with Crippen molar-refractivity contribution in [3.8, 4) is 0 Å². The highest BCUT2D eigenvalue weighted by Crippen LogP contribution is 2.49. The van der Waals surface area contributed by atoms with E-state index >= 15 is 0 Å². The van der Waals surface area contributed by atoms with Gasteiger partial charge >= 0.3 is 0 Å². The van der Waals surface area contributed by atoms with Crippen LogP contribution in [0.2, 0.25) is 0 Å². The Kier molecular flexibility index (Phi) is 4.08. The van der Waals surface area contributed by atoms with Gasteiger partial charge in [0.25, 0.3) is 0 Å². The zero-order chi connectivity index (χ0) is 14.9. The second-order valence-corrected chi connectivity index (χ2v) is 7.01. The molecule has 1 heterocycles. The number of hydrogen-bond donors (Lipinski definition) is 2. The van der Waals surface area contributed by atoms with Crippen LogP contribution in [0.5, 0.6) is 0 Å². The van der Waals surface area contributed by atoms with Crippen molar-refractivity contribution in [1.82, 2.24) is 5.32 Å². The fourth-order valence-corrected chi connectivity index (χ4v) is 3.25. The van der Waals surface area contributed by atoms with E-state index in [1.54, 1.807) is 0 Å². The lowest BCUT2D eigenvalue weighted by Gasteiger charge is -2.37. The second kappa shape index (κ2) is 5.71. The number of nitrogens with one attached hydrogen (secondary N) is 1. The van der Waals surface area contributed by atoms with Gasteiger partial charge in [-0.25, -0.2) is 0 Å². The van der Waals surface area contributed by atoms with Crippen LogP contribution in [0.4, 0.5) is 0 Å². The van der Waals surface area contributed by atoms with Crippen molar-refractivity contribution >= 4 is 21.8 Å². The Bertz CT molecular complexity index is 519. The molecule has 2 aliphatic rings. The predicted molar refractivity (Wildman–Crippen MR) is 83.1 cm³/mol. The van der Waals surface area contributed by atoms with Crippen molar-refractivity contribution in [2.24, 2.45) is 0 Å². The zero-order valence-electron chi connectivity index (χ0n) is 11.9. The molecule has 1 aliphatic carbocycles. The number of carbonyl (C=O) groups is 1. The first-order chi connectivity index (χ1) is 10.1. The first kappa shape index (κ1) is 15.0. The summed E-state index contributed by atoms with van der Waals surface area (Å²) in [4.78, 5) is 12.8. The molecule has 2 N–H and O–H groups in total. The average Bonchev–Trinajstić information content (AvgIpc) is 3.31. The Morgan fingerprint density at radius 3 is 2.33 bits per heavy atom. The van der Waals surface area contributed by atoms with Crippen molar-refractivity contribution < 1.29 is 14.6 Å². The number of benzene rings is 1. The highest BCUT2D eigenvalue weighted by molar-refractivity contribution is 9.10. The van der Waals surface area contributed by atoms with E-state index in [9.17, 15) is 9.90 Å². The van der Waals surface area contributed by atoms with Crippen LogP contribution in [0.25, 0.3) is 0 Å². The molecule has 2 fully saturated rings. The normalized spacial score (nSPS) is 22.6. The van der Waals surface area contributed by atoms with Gasteiger partial charge in [-0.3, -0.25) is 4.79 Å². The van der Waals surface area contributed by atoms with Crippen LogP contribution in [0.15, 0.2) is 28.7 Å². The number of amides is 1. The summed E-state index contributed by atoms with van der Waals surface area (Å²) in [6.45, 7) is 1.15.